The van der Waals surface area contributed by atoms with E-state index in [2.05, 4.69) is 237 Å². The Balaban J connectivity index is 0.928. The summed E-state index contributed by atoms with van der Waals surface area (Å²) in [6.07, 6.45) is 0. The van der Waals surface area contributed by atoms with Crippen LogP contribution in [0.15, 0.2) is 237 Å². The average molecular weight is 814 g/mol. The Morgan fingerprint density at radius 3 is 1.30 bits per heavy atom. The zero-order valence-electron chi connectivity index (χ0n) is 34.9. The van der Waals surface area contributed by atoms with Crippen molar-refractivity contribution >= 4 is 43.1 Å². The number of hydrogen-bond donors (Lipinski definition) is 0. The highest BCUT2D eigenvalue weighted by atomic mass is 15.0. The van der Waals surface area contributed by atoms with Gasteiger partial charge in [0, 0.05) is 16.7 Å². The van der Waals surface area contributed by atoms with Gasteiger partial charge in [0.15, 0.2) is 17.5 Å². The highest BCUT2D eigenvalue weighted by Gasteiger charge is 2.15. The van der Waals surface area contributed by atoms with Crippen molar-refractivity contribution in [1.29, 1.82) is 0 Å². The summed E-state index contributed by atoms with van der Waals surface area (Å²) in [5, 5.41) is 9.77. The number of nitrogens with zero attached hydrogens (tertiary/aromatic N) is 3. The van der Waals surface area contributed by atoms with E-state index in [9.17, 15) is 0 Å². The van der Waals surface area contributed by atoms with E-state index in [-0.39, 0.29) is 0 Å². The summed E-state index contributed by atoms with van der Waals surface area (Å²) in [4.78, 5) is 15.5. The highest BCUT2D eigenvalue weighted by molar-refractivity contribution is 6.08. The van der Waals surface area contributed by atoms with E-state index in [1.54, 1.807) is 0 Å². The van der Waals surface area contributed by atoms with Crippen LogP contribution in [0.1, 0.15) is 0 Å². The SMILES string of the molecule is c1ccc(-c2ccc3cc(-c4nc(-c5ccc(-c6ccc7ccc8ccccc8c7c6)cc5)nc(-c5cccc(-c6ccc(-c7cccc8ccccc78)cc6)c5)n4)ccc3c2)cc1. The monoisotopic (exact) mass is 813 g/mol. The summed E-state index contributed by atoms with van der Waals surface area (Å²) < 4.78 is 0. The molecule has 12 aromatic rings. The molecule has 1 aromatic heterocycles. The van der Waals surface area contributed by atoms with E-state index in [1.807, 2.05) is 0 Å². The summed E-state index contributed by atoms with van der Waals surface area (Å²) in [6.45, 7) is 0. The molecule has 1 heterocycles. The summed E-state index contributed by atoms with van der Waals surface area (Å²) in [5.41, 5.74) is 12.1. The first kappa shape index (κ1) is 37.2. The maximum absolute atomic E-state index is 5.19. The molecule has 0 saturated carbocycles. The number of hydrogen-bond acceptors (Lipinski definition) is 3. The molecule has 0 spiro atoms. The van der Waals surface area contributed by atoms with Gasteiger partial charge in [0.2, 0.25) is 0 Å². The first-order valence-corrected chi connectivity index (χ1v) is 21.7. The van der Waals surface area contributed by atoms with Crippen LogP contribution in [0.2, 0.25) is 0 Å². The molecule has 0 N–H and O–H groups in total. The Hall–Kier alpha value is -8.53. The van der Waals surface area contributed by atoms with Gasteiger partial charge in [-0.1, -0.05) is 212 Å². The van der Waals surface area contributed by atoms with Gasteiger partial charge in [-0.3, -0.25) is 0 Å². The molecular weight excluding hydrogens is 775 g/mol. The Morgan fingerprint density at radius 1 is 0.188 bits per heavy atom. The molecule has 298 valence electrons. The van der Waals surface area contributed by atoms with E-state index in [4.69, 9.17) is 15.0 Å². The van der Waals surface area contributed by atoms with Crippen LogP contribution in [0.3, 0.4) is 0 Å². The van der Waals surface area contributed by atoms with Crippen LogP contribution in [0, 0.1) is 0 Å². The molecule has 0 saturated heterocycles. The van der Waals surface area contributed by atoms with Gasteiger partial charge in [0.1, 0.15) is 0 Å². The summed E-state index contributed by atoms with van der Waals surface area (Å²) in [7, 11) is 0. The van der Waals surface area contributed by atoms with E-state index in [0.29, 0.717) is 17.5 Å². The molecule has 0 radical (unpaired) electrons. The molecule has 0 aliphatic heterocycles. The lowest BCUT2D eigenvalue weighted by Crippen LogP contribution is -2.00. The van der Waals surface area contributed by atoms with Crippen LogP contribution < -0.4 is 0 Å². The first-order chi connectivity index (χ1) is 31.7. The van der Waals surface area contributed by atoms with Gasteiger partial charge in [0.05, 0.1) is 0 Å². The Kier molecular flexibility index (Phi) is 9.16. The van der Waals surface area contributed by atoms with Gasteiger partial charge in [-0.25, -0.2) is 15.0 Å². The maximum atomic E-state index is 5.19. The molecule has 0 aliphatic rings. The van der Waals surface area contributed by atoms with Crippen LogP contribution in [-0.4, -0.2) is 15.0 Å². The molecule has 0 bridgehead atoms. The third-order valence-electron chi connectivity index (χ3n) is 12.5. The third-order valence-corrected chi connectivity index (χ3v) is 12.5. The predicted molar refractivity (Wildman–Crippen MR) is 268 cm³/mol. The minimum Gasteiger partial charge on any atom is -0.208 e. The van der Waals surface area contributed by atoms with Crippen LogP contribution in [0.4, 0.5) is 0 Å². The molecule has 0 fully saturated rings. The normalized spacial score (nSPS) is 11.4. The zero-order valence-corrected chi connectivity index (χ0v) is 34.9. The second-order valence-electron chi connectivity index (χ2n) is 16.4. The summed E-state index contributed by atoms with van der Waals surface area (Å²) >= 11 is 0. The van der Waals surface area contributed by atoms with E-state index in [0.717, 1.165) is 44.2 Å². The topological polar surface area (TPSA) is 38.7 Å². The number of benzene rings is 11. The van der Waals surface area contributed by atoms with Crippen molar-refractivity contribution in [2.45, 2.75) is 0 Å². The Labute approximate surface area is 371 Å². The zero-order chi connectivity index (χ0) is 42.4. The Bertz CT molecular complexity index is 3700. The van der Waals surface area contributed by atoms with E-state index in [1.165, 1.54) is 60.1 Å². The number of aromatic nitrogens is 3. The molecule has 11 aromatic carbocycles. The second kappa shape index (κ2) is 15.7. The molecular formula is C61H39N3. The van der Waals surface area contributed by atoms with E-state index >= 15 is 0 Å². The molecule has 0 atom stereocenters. The van der Waals surface area contributed by atoms with Crippen molar-refractivity contribution in [3.63, 3.8) is 0 Å². The lowest BCUT2D eigenvalue weighted by molar-refractivity contribution is 1.07. The fraction of sp³-hybridized carbons (Fsp3) is 0. The van der Waals surface area contributed by atoms with Gasteiger partial charge in [-0.2, -0.15) is 0 Å². The van der Waals surface area contributed by atoms with Gasteiger partial charge in [-0.15, -0.1) is 0 Å². The van der Waals surface area contributed by atoms with Crippen LogP contribution in [0.5, 0.6) is 0 Å². The molecule has 0 amide bonds. The van der Waals surface area contributed by atoms with Crippen LogP contribution in [-0.2, 0) is 0 Å². The van der Waals surface area contributed by atoms with E-state index < -0.39 is 0 Å². The summed E-state index contributed by atoms with van der Waals surface area (Å²) in [6, 6.07) is 84.4. The van der Waals surface area contributed by atoms with Crippen molar-refractivity contribution < 1.29 is 0 Å². The first-order valence-electron chi connectivity index (χ1n) is 21.7. The standard InChI is InChI=1S/C61H39N3/c1-2-10-40(11-3-1)49-32-33-51-38-54(35-34-50(51)36-49)61-63-59(47-29-22-42(23-30-47)52-31-28-46-27-26-44-13-5-7-18-57(44)58(46)39-52)62-60(64-61)53-16-8-15-48(37-53)41-20-24-45(25-21-41)56-19-9-14-43-12-4-6-17-55(43)56/h1-39H. The lowest BCUT2D eigenvalue weighted by Gasteiger charge is -2.12. The highest BCUT2D eigenvalue weighted by Crippen LogP contribution is 2.35. The third kappa shape index (κ3) is 6.96. The molecule has 3 heteroatoms. The van der Waals surface area contributed by atoms with Crippen molar-refractivity contribution in [2.24, 2.45) is 0 Å². The van der Waals surface area contributed by atoms with Crippen LogP contribution >= 0.6 is 0 Å². The minimum absolute atomic E-state index is 0.624. The number of fused-ring (bicyclic) bond motifs is 5. The smallest absolute Gasteiger partial charge is 0.164 e. The van der Waals surface area contributed by atoms with Crippen molar-refractivity contribution in [1.82, 2.24) is 15.0 Å². The Morgan fingerprint density at radius 2 is 0.578 bits per heavy atom. The predicted octanol–water partition coefficient (Wildman–Crippen LogP) is 16.2. The molecule has 12 rings (SSSR count). The van der Waals surface area contributed by atoms with Gasteiger partial charge in [0.25, 0.3) is 0 Å². The van der Waals surface area contributed by atoms with Gasteiger partial charge >= 0.3 is 0 Å². The van der Waals surface area contributed by atoms with Crippen LogP contribution in [0.25, 0.3) is 122 Å². The fourth-order valence-corrected chi connectivity index (χ4v) is 9.11. The van der Waals surface area contributed by atoms with Crippen molar-refractivity contribution in [3.05, 3.63) is 237 Å². The minimum atomic E-state index is 0.624. The average Bonchev–Trinajstić information content (AvgIpc) is 3.38. The fourth-order valence-electron chi connectivity index (χ4n) is 9.11. The second-order valence-corrected chi connectivity index (χ2v) is 16.4. The lowest BCUT2D eigenvalue weighted by atomic mass is 9.96. The van der Waals surface area contributed by atoms with Crippen molar-refractivity contribution in [3.8, 4) is 78.7 Å². The molecule has 64 heavy (non-hydrogen) atoms. The largest absolute Gasteiger partial charge is 0.208 e. The quantitative estimate of drug-likeness (QED) is 0.150. The molecule has 0 unspecified atom stereocenters. The summed E-state index contributed by atoms with van der Waals surface area (Å²) in [5.74, 6) is 1.88. The van der Waals surface area contributed by atoms with Gasteiger partial charge in [-0.05, 0) is 112 Å². The van der Waals surface area contributed by atoms with Gasteiger partial charge < -0.3 is 0 Å². The van der Waals surface area contributed by atoms with Crippen molar-refractivity contribution in [2.75, 3.05) is 0 Å². The number of rotatable bonds is 7. The molecule has 0 aliphatic carbocycles. The molecule has 3 nitrogen and oxygen atoms in total. The maximum Gasteiger partial charge on any atom is 0.164 e.